The molecule has 0 bridgehead atoms. The minimum Gasteiger partial charge on any atom is -0.369 e. The topological polar surface area (TPSA) is 134 Å². The number of fused-ring (bicyclic) bond motifs is 1. The summed E-state index contributed by atoms with van der Waals surface area (Å²) in [5, 5.41) is 1.88. The summed E-state index contributed by atoms with van der Waals surface area (Å²) in [6.45, 7) is 5.22. The predicted octanol–water partition coefficient (Wildman–Crippen LogP) is 2.79. The van der Waals surface area contributed by atoms with Gasteiger partial charge in [-0.25, -0.2) is 8.42 Å². The number of rotatable bonds is 10. The number of aromatic nitrogens is 1. The van der Waals surface area contributed by atoms with Crippen LogP contribution in [0, 0.1) is 0 Å². The average molecular weight is 586 g/mol. The van der Waals surface area contributed by atoms with Crippen LogP contribution in [0.2, 0.25) is 5.02 Å². The van der Waals surface area contributed by atoms with Gasteiger partial charge < -0.3 is 15.5 Å². The highest BCUT2D eigenvalue weighted by molar-refractivity contribution is 7.89. The van der Waals surface area contributed by atoms with Crippen molar-refractivity contribution in [2.75, 3.05) is 13.1 Å². The zero-order chi connectivity index (χ0) is 29.2. The first-order valence-electron chi connectivity index (χ1n) is 12.9. The number of benzene rings is 2. The van der Waals surface area contributed by atoms with Crippen LogP contribution in [0.3, 0.4) is 0 Å². The fraction of sp³-hybridized carbons (Fsp3) is 0.357. The maximum atomic E-state index is 13.8. The molecule has 40 heavy (non-hydrogen) atoms. The van der Waals surface area contributed by atoms with Gasteiger partial charge in [0.15, 0.2) is 0 Å². The molecule has 4 rings (SSSR count). The predicted molar refractivity (Wildman–Crippen MR) is 152 cm³/mol. The number of amides is 3. The number of nitrogens with two attached hydrogens (primary N) is 1. The summed E-state index contributed by atoms with van der Waals surface area (Å²) in [7, 11) is -4.30. The van der Waals surface area contributed by atoms with Gasteiger partial charge in [0.25, 0.3) is 0 Å². The second-order valence-electron chi connectivity index (χ2n) is 10.1. The molecule has 1 aromatic heterocycles. The van der Waals surface area contributed by atoms with Crippen molar-refractivity contribution in [3.63, 3.8) is 0 Å². The summed E-state index contributed by atoms with van der Waals surface area (Å²) in [4.78, 5) is 46.1. The summed E-state index contributed by atoms with van der Waals surface area (Å²) in [6.07, 6.45) is 3.40. The summed E-state index contributed by atoms with van der Waals surface area (Å²) in [5.41, 5.74) is 6.32. The van der Waals surface area contributed by atoms with E-state index in [2.05, 4.69) is 4.98 Å². The zero-order valence-electron chi connectivity index (χ0n) is 22.5. The third-order valence-electron chi connectivity index (χ3n) is 7.08. The maximum absolute atomic E-state index is 13.8. The van der Waals surface area contributed by atoms with E-state index in [0.717, 1.165) is 15.3 Å². The Morgan fingerprint density at radius 1 is 1.07 bits per heavy atom. The molecule has 10 nitrogen and oxygen atoms in total. The maximum Gasteiger partial charge on any atom is 0.245 e. The standard InChI is InChI=1S/C28H32ClN5O5S/c1-18(2)33(16-20-8-11-31-12-9-20)27(36)19(3)32-13-10-25(28(32)37)34(17-26(30)35)40(38,39)24-7-5-21-14-23(29)6-4-22(21)15-24/h4-9,11-12,14-15,18-19,25H,10,13,16-17H2,1-3H3,(H2,30,35)/t19-,25-/m0/s1. The van der Waals surface area contributed by atoms with Crippen LogP contribution in [0.25, 0.3) is 10.8 Å². The smallest absolute Gasteiger partial charge is 0.245 e. The second kappa shape index (κ2) is 11.9. The molecule has 0 radical (unpaired) electrons. The van der Waals surface area contributed by atoms with Crippen molar-refractivity contribution < 1.29 is 22.8 Å². The van der Waals surface area contributed by atoms with Gasteiger partial charge in [0, 0.05) is 36.5 Å². The van der Waals surface area contributed by atoms with E-state index < -0.39 is 40.5 Å². The Balaban J connectivity index is 1.59. The van der Waals surface area contributed by atoms with Crippen molar-refractivity contribution >= 4 is 50.1 Å². The molecule has 2 N–H and O–H groups in total. The van der Waals surface area contributed by atoms with Crippen molar-refractivity contribution in [2.45, 2.75) is 56.8 Å². The van der Waals surface area contributed by atoms with Crippen molar-refractivity contribution in [2.24, 2.45) is 5.73 Å². The van der Waals surface area contributed by atoms with Crippen LogP contribution in [0.1, 0.15) is 32.8 Å². The molecule has 1 saturated heterocycles. The van der Waals surface area contributed by atoms with Crippen LogP contribution in [0.4, 0.5) is 0 Å². The van der Waals surface area contributed by atoms with Crippen molar-refractivity contribution in [3.8, 4) is 0 Å². The molecule has 0 unspecified atom stereocenters. The van der Waals surface area contributed by atoms with E-state index in [-0.39, 0.29) is 29.8 Å². The second-order valence-corrected chi connectivity index (χ2v) is 12.4. The molecule has 3 aromatic rings. The van der Waals surface area contributed by atoms with Crippen LogP contribution < -0.4 is 5.73 Å². The third-order valence-corrected chi connectivity index (χ3v) is 9.17. The monoisotopic (exact) mass is 585 g/mol. The number of nitrogens with zero attached hydrogens (tertiary/aromatic N) is 4. The van der Waals surface area contributed by atoms with Gasteiger partial charge in [-0.3, -0.25) is 19.4 Å². The molecule has 2 aromatic carbocycles. The van der Waals surface area contributed by atoms with Gasteiger partial charge >= 0.3 is 0 Å². The molecule has 0 aliphatic carbocycles. The van der Waals surface area contributed by atoms with E-state index in [0.29, 0.717) is 17.0 Å². The number of sulfonamides is 1. The van der Waals surface area contributed by atoms with Crippen LogP contribution in [0.15, 0.2) is 65.8 Å². The number of hydrogen-bond donors (Lipinski definition) is 1. The van der Waals surface area contributed by atoms with Crippen molar-refractivity contribution in [3.05, 3.63) is 71.5 Å². The fourth-order valence-electron chi connectivity index (χ4n) is 4.92. The highest BCUT2D eigenvalue weighted by atomic mass is 35.5. The molecule has 1 fully saturated rings. The van der Waals surface area contributed by atoms with Gasteiger partial charge in [0.2, 0.25) is 27.7 Å². The summed E-state index contributed by atoms with van der Waals surface area (Å²) in [6, 6.07) is 11.0. The lowest BCUT2D eigenvalue weighted by atomic mass is 10.1. The van der Waals surface area contributed by atoms with Crippen LogP contribution in [0.5, 0.6) is 0 Å². The first-order chi connectivity index (χ1) is 18.9. The lowest BCUT2D eigenvalue weighted by Gasteiger charge is -2.33. The molecule has 212 valence electrons. The highest BCUT2D eigenvalue weighted by Gasteiger charge is 2.45. The van der Waals surface area contributed by atoms with E-state index in [1.54, 1.807) is 48.5 Å². The highest BCUT2D eigenvalue weighted by Crippen LogP contribution is 2.29. The fourth-order valence-corrected chi connectivity index (χ4v) is 6.71. The van der Waals surface area contributed by atoms with Crippen molar-refractivity contribution in [1.29, 1.82) is 0 Å². The van der Waals surface area contributed by atoms with Gasteiger partial charge in [-0.15, -0.1) is 0 Å². The Morgan fingerprint density at radius 2 is 1.73 bits per heavy atom. The first kappa shape index (κ1) is 29.4. The van der Waals surface area contributed by atoms with Gasteiger partial charge in [-0.1, -0.05) is 23.7 Å². The molecule has 1 aliphatic heterocycles. The summed E-state index contributed by atoms with van der Waals surface area (Å²) >= 11 is 6.05. The molecule has 0 spiro atoms. The molecule has 2 heterocycles. The van der Waals surface area contributed by atoms with E-state index >= 15 is 0 Å². The SMILES string of the molecule is CC(C)N(Cc1ccncc1)C(=O)[C@H](C)N1CC[C@H](N(CC(N)=O)S(=O)(=O)c2ccc3cc(Cl)ccc3c2)C1=O. The lowest BCUT2D eigenvalue weighted by Crippen LogP contribution is -2.53. The average Bonchev–Trinajstić information content (AvgIpc) is 3.29. The van der Waals surface area contributed by atoms with Crippen molar-refractivity contribution in [1.82, 2.24) is 19.1 Å². The molecule has 12 heteroatoms. The van der Waals surface area contributed by atoms with Gasteiger partial charge in [0.1, 0.15) is 12.1 Å². The molecular formula is C28H32ClN5O5S. The van der Waals surface area contributed by atoms with E-state index in [9.17, 15) is 22.8 Å². The number of likely N-dealkylation sites (tertiary alicyclic amines) is 1. The molecule has 3 amide bonds. The van der Waals surface area contributed by atoms with Gasteiger partial charge in [0.05, 0.1) is 11.4 Å². The Kier molecular flexibility index (Phi) is 8.77. The molecule has 0 saturated carbocycles. The number of carbonyl (C=O) groups excluding carboxylic acids is 3. The minimum atomic E-state index is -4.30. The molecule has 2 atom stereocenters. The van der Waals surface area contributed by atoms with E-state index in [1.165, 1.54) is 17.0 Å². The number of hydrogen-bond acceptors (Lipinski definition) is 6. The number of primary amides is 1. The molecule has 1 aliphatic rings. The number of halogens is 1. The first-order valence-corrected chi connectivity index (χ1v) is 14.7. The summed E-state index contributed by atoms with van der Waals surface area (Å²) in [5.74, 6) is -1.71. The number of pyridine rings is 1. The van der Waals surface area contributed by atoms with Crippen LogP contribution in [-0.2, 0) is 31.0 Å². The Labute approximate surface area is 238 Å². The third kappa shape index (κ3) is 6.11. The van der Waals surface area contributed by atoms with Crippen LogP contribution >= 0.6 is 11.6 Å². The quantitative estimate of drug-likeness (QED) is 0.389. The Bertz CT molecular complexity index is 1530. The van der Waals surface area contributed by atoms with E-state index in [1.807, 2.05) is 26.0 Å². The normalized spacial score (nSPS) is 16.6. The van der Waals surface area contributed by atoms with Gasteiger partial charge in [-0.2, -0.15) is 4.31 Å². The van der Waals surface area contributed by atoms with E-state index in [4.69, 9.17) is 17.3 Å². The minimum absolute atomic E-state index is 0.0812. The van der Waals surface area contributed by atoms with Gasteiger partial charge in [-0.05, 0) is 79.9 Å². The Hall–Kier alpha value is -3.54. The number of carbonyl (C=O) groups is 3. The molecular weight excluding hydrogens is 554 g/mol. The summed E-state index contributed by atoms with van der Waals surface area (Å²) < 4.78 is 28.4. The van der Waals surface area contributed by atoms with Crippen LogP contribution in [-0.4, -0.2) is 76.4 Å². The zero-order valence-corrected chi connectivity index (χ0v) is 24.1. The largest absolute Gasteiger partial charge is 0.369 e. The Morgan fingerprint density at radius 3 is 2.38 bits per heavy atom. The lowest BCUT2D eigenvalue weighted by molar-refractivity contribution is -0.145.